The SMILES string of the molecule is O=C(CNC(=O)c1ccccc1C(F)(F)F)NCC1CNCC1O. The van der Waals surface area contributed by atoms with Crippen molar-refractivity contribution < 1.29 is 27.9 Å². The lowest BCUT2D eigenvalue weighted by Gasteiger charge is -2.15. The summed E-state index contributed by atoms with van der Waals surface area (Å²) in [5.41, 5.74) is -1.59. The average Bonchev–Trinajstić information content (AvgIpc) is 2.95. The van der Waals surface area contributed by atoms with Gasteiger partial charge in [-0.2, -0.15) is 13.2 Å². The molecule has 1 saturated heterocycles. The minimum Gasteiger partial charge on any atom is -0.391 e. The zero-order valence-electron chi connectivity index (χ0n) is 12.7. The van der Waals surface area contributed by atoms with E-state index >= 15 is 0 Å². The quantitative estimate of drug-likeness (QED) is 0.611. The average molecular weight is 345 g/mol. The molecule has 2 rings (SSSR count). The van der Waals surface area contributed by atoms with Crippen LogP contribution in [0.25, 0.3) is 0 Å². The van der Waals surface area contributed by atoms with Crippen LogP contribution in [-0.2, 0) is 11.0 Å². The van der Waals surface area contributed by atoms with Crippen molar-refractivity contribution in [3.8, 4) is 0 Å². The van der Waals surface area contributed by atoms with Crippen molar-refractivity contribution >= 4 is 11.8 Å². The van der Waals surface area contributed by atoms with Crippen molar-refractivity contribution in [1.82, 2.24) is 16.0 Å². The number of hydrogen-bond acceptors (Lipinski definition) is 4. The minimum absolute atomic E-state index is 0.129. The van der Waals surface area contributed by atoms with Gasteiger partial charge in [-0.25, -0.2) is 0 Å². The Balaban J connectivity index is 1.86. The van der Waals surface area contributed by atoms with Crippen LogP contribution in [0.5, 0.6) is 0 Å². The molecule has 0 spiro atoms. The van der Waals surface area contributed by atoms with Gasteiger partial charge in [0.1, 0.15) is 0 Å². The molecule has 4 N–H and O–H groups in total. The van der Waals surface area contributed by atoms with Gasteiger partial charge in [0.2, 0.25) is 5.91 Å². The fraction of sp³-hybridized carbons (Fsp3) is 0.467. The molecule has 1 aliphatic heterocycles. The number of halogens is 3. The first-order valence-electron chi connectivity index (χ1n) is 7.39. The van der Waals surface area contributed by atoms with Crippen LogP contribution in [0.1, 0.15) is 15.9 Å². The van der Waals surface area contributed by atoms with E-state index < -0.39 is 41.8 Å². The third-order valence-corrected chi connectivity index (χ3v) is 3.75. The number of carbonyl (C=O) groups excluding carboxylic acids is 2. The topological polar surface area (TPSA) is 90.5 Å². The first-order valence-corrected chi connectivity index (χ1v) is 7.39. The Morgan fingerprint density at radius 3 is 2.54 bits per heavy atom. The maximum atomic E-state index is 12.8. The molecule has 132 valence electrons. The van der Waals surface area contributed by atoms with Gasteiger partial charge >= 0.3 is 6.18 Å². The summed E-state index contributed by atoms with van der Waals surface area (Å²) in [5.74, 6) is -1.64. The summed E-state index contributed by atoms with van der Waals surface area (Å²) in [6.07, 6.45) is -5.21. The summed E-state index contributed by atoms with van der Waals surface area (Å²) in [6, 6.07) is 4.37. The molecular formula is C15H18F3N3O3. The Hall–Kier alpha value is -2.13. The zero-order valence-corrected chi connectivity index (χ0v) is 12.7. The Kier molecular flexibility index (Phi) is 5.79. The minimum atomic E-state index is -4.65. The predicted molar refractivity (Wildman–Crippen MR) is 79.2 cm³/mol. The third kappa shape index (κ3) is 4.68. The number of amides is 2. The van der Waals surface area contributed by atoms with Gasteiger partial charge in [0.25, 0.3) is 5.91 Å². The van der Waals surface area contributed by atoms with Gasteiger partial charge in [-0.3, -0.25) is 9.59 Å². The Labute approximate surface area is 136 Å². The number of aliphatic hydroxyl groups is 1. The van der Waals surface area contributed by atoms with E-state index in [2.05, 4.69) is 16.0 Å². The summed E-state index contributed by atoms with van der Waals surface area (Å²) in [6.45, 7) is 0.793. The highest BCUT2D eigenvalue weighted by molar-refractivity contribution is 5.97. The van der Waals surface area contributed by atoms with E-state index in [-0.39, 0.29) is 12.5 Å². The monoisotopic (exact) mass is 345 g/mol. The van der Waals surface area contributed by atoms with Crippen molar-refractivity contribution in [2.45, 2.75) is 12.3 Å². The van der Waals surface area contributed by atoms with Gasteiger partial charge in [0.05, 0.1) is 23.8 Å². The van der Waals surface area contributed by atoms with E-state index in [1.807, 2.05) is 0 Å². The van der Waals surface area contributed by atoms with Crippen LogP contribution in [0, 0.1) is 5.92 Å². The van der Waals surface area contributed by atoms with Gasteiger partial charge < -0.3 is 21.1 Å². The van der Waals surface area contributed by atoms with Crippen molar-refractivity contribution in [3.05, 3.63) is 35.4 Å². The molecule has 1 fully saturated rings. The third-order valence-electron chi connectivity index (χ3n) is 3.75. The second kappa shape index (κ2) is 7.63. The molecule has 0 bridgehead atoms. The van der Waals surface area contributed by atoms with Crippen LogP contribution in [0.2, 0.25) is 0 Å². The largest absolute Gasteiger partial charge is 0.417 e. The van der Waals surface area contributed by atoms with Gasteiger partial charge in [0, 0.05) is 25.6 Å². The van der Waals surface area contributed by atoms with Crippen LogP contribution in [-0.4, -0.2) is 49.2 Å². The number of alkyl halides is 3. The molecule has 1 heterocycles. The van der Waals surface area contributed by atoms with E-state index in [4.69, 9.17) is 0 Å². The van der Waals surface area contributed by atoms with Gasteiger partial charge in [0.15, 0.2) is 0 Å². The second-order valence-corrected chi connectivity index (χ2v) is 5.52. The highest BCUT2D eigenvalue weighted by Crippen LogP contribution is 2.31. The number of nitrogens with one attached hydrogen (secondary N) is 3. The van der Waals surface area contributed by atoms with Crippen LogP contribution in [0.3, 0.4) is 0 Å². The molecule has 0 radical (unpaired) electrons. The molecule has 1 aliphatic rings. The lowest BCUT2D eigenvalue weighted by Crippen LogP contribution is -2.41. The number of β-amino-alcohol motifs (C(OH)–C–C–N with tert-alkyl or cyclic N) is 1. The maximum absolute atomic E-state index is 12.8. The van der Waals surface area contributed by atoms with Crippen LogP contribution in [0.15, 0.2) is 24.3 Å². The van der Waals surface area contributed by atoms with Crippen molar-refractivity contribution in [1.29, 1.82) is 0 Å². The molecule has 2 unspecified atom stereocenters. The highest BCUT2D eigenvalue weighted by Gasteiger charge is 2.34. The van der Waals surface area contributed by atoms with Crippen molar-refractivity contribution in [3.63, 3.8) is 0 Å². The van der Waals surface area contributed by atoms with Gasteiger partial charge in [-0.15, -0.1) is 0 Å². The number of carbonyl (C=O) groups is 2. The molecular weight excluding hydrogens is 327 g/mol. The van der Waals surface area contributed by atoms with Crippen LogP contribution in [0.4, 0.5) is 13.2 Å². The normalized spacial score (nSPS) is 20.7. The molecule has 1 aromatic rings. The molecule has 2 amide bonds. The van der Waals surface area contributed by atoms with Gasteiger partial charge in [-0.1, -0.05) is 12.1 Å². The standard InChI is InChI=1S/C15H18F3N3O3/c16-15(17,18)11-4-2-1-3-10(11)14(24)21-8-13(23)20-6-9-5-19-7-12(9)22/h1-4,9,12,19,22H,5-8H2,(H,20,23)(H,21,24). The molecule has 0 saturated carbocycles. The van der Waals surface area contributed by atoms with Crippen LogP contribution >= 0.6 is 0 Å². The summed E-state index contributed by atoms with van der Waals surface area (Å²) in [4.78, 5) is 23.6. The van der Waals surface area contributed by atoms with Crippen molar-refractivity contribution in [2.24, 2.45) is 5.92 Å². The van der Waals surface area contributed by atoms with E-state index in [0.717, 1.165) is 12.1 Å². The van der Waals surface area contributed by atoms with Gasteiger partial charge in [-0.05, 0) is 12.1 Å². The zero-order chi connectivity index (χ0) is 17.7. The molecule has 6 nitrogen and oxygen atoms in total. The maximum Gasteiger partial charge on any atom is 0.417 e. The molecule has 9 heteroatoms. The van der Waals surface area contributed by atoms with Crippen LogP contribution < -0.4 is 16.0 Å². The first-order chi connectivity index (χ1) is 11.3. The Bertz CT molecular complexity index is 607. The summed E-state index contributed by atoms with van der Waals surface area (Å²) in [5, 5.41) is 17.2. The molecule has 1 aromatic carbocycles. The summed E-state index contributed by atoms with van der Waals surface area (Å²) < 4.78 is 38.5. The summed E-state index contributed by atoms with van der Waals surface area (Å²) in [7, 11) is 0. The fourth-order valence-electron chi connectivity index (χ4n) is 2.42. The van der Waals surface area contributed by atoms with E-state index in [1.54, 1.807) is 0 Å². The number of benzene rings is 1. The smallest absolute Gasteiger partial charge is 0.391 e. The summed E-state index contributed by atoms with van der Waals surface area (Å²) >= 11 is 0. The number of rotatable bonds is 5. The predicted octanol–water partition coefficient (Wildman–Crippen LogP) is 0.132. The van der Waals surface area contributed by atoms with Crippen molar-refractivity contribution in [2.75, 3.05) is 26.2 Å². The molecule has 0 aromatic heterocycles. The highest BCUT2D eigenvalue weighted by atomic mass is 19.4. The lowest BCUT2D eigenvalue weighted by molar-refractivity contribution is -0.137. The van der Waals surface area contributed by atoms with E-state index in [9.17, 15) is 27.9 Å². The first kappa shape index (κ1) is 18.2. The number of hydrogen-bond donors (Lipinski definition) is 4. The number of aliphatic hydroxyl groups excluding tert-OH is 1. The molecule has 24 heavy (non-hydrogen) atoms. The van der Waals surface area contributed by atoms with E-state index in [0.29, 0.717) is 13.1 Å². The lowest BCUT2D eigenvalue weighted by atomic mass is 10.1. The second-order valence-electron chi connectivity index (χ2n) is 5.52. The molecule has 2 atom stereocenters. The van der Waals surface area contributed by atoms with E-state index in [1.165, 1.54) is 12.1 Å². The molecule has 0 aliphatic carbocycles. The Morgan fingerprint density at radius 1 is 1.21 bits per heavy atom. The Morgan fingerprint density at radius 2 is 1.92 bits per heavy atom. The fourth-order valence-corrected chi connectivity index (χ4v) is 2.42.